The van der Waals surface area contributed by atoms with Crippen LogP contribution in [0, 0.1) is 6.92 Å². The van der Waals surface area contributed by atoms with Gasteiger partial charge < -0.3 is 5.43 Å². The minimum Gasteiger partial charge on any atom is -0.302 e. The van der Waals surface area contributed by atoms with Gasteiger partial charge in [0.1, 0.15) is 0 Å². The summed E-state index contributed by atoms with van der Waals surface area (Å²) < 4.78 is 0. The maximum Gasteiger partial charge on any atom is 0.269 e. The lowest BCUT2D eigenvalue weighted by Crippen LogP contribution is -2.38. The molecule has 2 aromatic rings. The number of amides is 1. The molecule has 2 aromatic carbocycles. The molecule has 24 heavy (non-hydrogen) atoms. The van der Waals surface area contributed by atoms with Crippen LogP contribution in [-0.2, 0) is 4.79 Å². The molecule has 0 fully saturated rings. The van der Waals surface area contributed by atoms with Crippen molar-refractivity contribution in [3.63, 3.8) is 0 Å². The molecule has 0 aliphatic heterocycles. The maximum absolute atomic E-state index is 12.1. The quantitative estimate of drug-likeness (QED) is 0.850. The highest BCUT2D eigenvalue weighted by Gasteiger charge is 2.22. The van der Waals surface area contributed by atoms with E-state index < -0.39 is 0 Å². The minimum absolute atomic E-state index is 0.0715. The number of hydrogen-bond donors (Lipinski definition) is 2. The number of carbonyl (C=O) groups excluding carboxylic acids is 2. The Morgan fingerprint density at radius 1 is 1.00 bits per heavy atom. The highest BCUT2D eigenvalue weighted by Crippen LogP contribution is 2.29. The average molecular weight is 320 g/mol. The molecule has 122 valence electrons. The van der Waals surface area contributed by atoms with Crippen molar-refractivity contribution in [2.45, 2.75) is 25.7 Å². The molecule has 0 radical (unpaired) electrons. The van der Waals surface area contributed by atoms with Gasteiger partial charge >= 0.3 is 0 Å². The molecule has 0 bridgehead atoms. The lowest BCUT2D eigenvalue weighted by Gasteiger charge is -2.23. The van der Waals surface area contributed by atoms with E-state index in [-0.39, 0.29) is 17.6 Å². The molecular formula is C20H20N2O2. The number of carbonyl (C=O) groups is 2. The molecule has 1 aliphatic carbocycles. The molecule has 3 rings (SSSR count). The second-order valence-electron chi connectivity index (χ2n) is 6.10. The summed E-state index contributed by atoms with van der Waals surface area (Å²) in [7, 11) is 0. The molecule has 0 aromatic heterocycles. The van der Waals surface area contributed by atoms with Crippen LogP contribution in [0.4, 0.5) is 0 Å². The second kappa shape index (κ2) is 7.13. The highest BCUT2D eigenvalue weighted by atomic mass is 16.2. The Morgan fingerprint density at radius 3 is 2.42 bits per heavy atom. The third-order valence-electron chi connectivity index (χ3n) is 4.17. The Morgan fingerprint density at radius 2 is 1.71 bits per heavy atom. The molecule has 0 spiro atoms. The van der Waals surface area contributed by atoms with E-state index in [2.05, 4.69) is 10.9 Å². The predicted molar refractivity (Wildman–Crippen MR) is 93.3 cm³/mol. The second-order valence-corrected chi connectivity index (χ2v) is 6.10. The van der Waals surface area contributed by atoms with Crippen LogP contribution in [0.3, 0.4) is 0 Å². The number of aryl methyl sites for hydroxylation is 1. The van der Waals surface area contributed by atoms with Crippen LogP contribution >= 0.6 is 0 Å². The van der Waals surface area contributed by atoms with Crippen LogP contribution in [0.15, 0.2) is 66.4 Å². The van der Waals surface area contributed by atoms with E-state index >= 15 is 0 Å². The topological polar surface area (TPSA) is 58.2 Å². The van der Waals surface area contributed by atoms with Gasteiger partial charge in [0.2, 0.25) is 0 Å². The number of rotatable bonds is 4. The first-order chi connectivity index (χ1) is 11.6. The van der Waals surface area contributed by atoms with Gasteiger partial charge in [0.15, 0.2) is 5.78 Å². The van der Waals surface area contributed by atoms with Crippen LogP contribution in [0.2, 0.25) is 0 Å². The Balaban J connectivity index is 1.63. The zero-order valence-corrected chi connectivity index (χ0v) is 13.6. The molecule has 0 saturated carbocycles. The van der Waals surface area contributed by atoms with Crippen molar-refractivity contribution in [3.8, 4) is 0 Å². The van der Waals surface area contributed by atoms with Crippen molar-refractivity contribution >= 4 is 11.7 Å². The van der Waals surface area contributed by atoms with E-state index in [1.54, 1.807) is 18.2 Å². The first-order valence-electron chi connectivity index (χ1n) is 8.03. The van der Waals surface area contributed by atoms with Gasteiger partial charge in [-0.2, -0.15) is 0 Å². The van der Waals surface area contributed by atoms with Crippen LogP contribution in [0.1, 0.15) is 40.2 Å². The molecule has 4 heteroatoms. The number of allylic oxidation sites excluding steroid dienone is 2. The number of ketones is 1. The summed E-state index contributed by atoms with van der Waals surface area (Å²) in [6, 6.07) is 17.3. The normalized spacial score (nSPS) is 17.1. The molecule has 0 unspecified atom stereocenters. The van der Waals surface area contributed by atoms with Crippen LogP contribution in [-0.4, -0.2) is 11.7 Å². The highest BCUT2D eigenvalue weighted by molar-refractivity contribution is 5.94. The fraction of sp³-hybridized carbons (Fsp3) is 0.200. The number of hydrazine groups is 1. The first kappa shape index (κ1) is 16.0. The Labute approximate surface area is 141 Å². The predicted octanol–water partition coefficient (Wildman–Crippen LogP) is 3.26. The van der Waals surface area contributed by atoms with Gasteiger partial charge in [-0.3, -0.25) is 15.0 Å². The van der Waals surface area contributed by atoms with Crippen LogP contribution < -0.4 is 10.9 Å². The van der Waals surface area contributed by atoms with Crippen molar-refractivity contribution in [2.24, 2.45) is 0 Å². The van der Waals surface area contributed by atoms with Gasteiger partial charge in [0.25, 0.3) is 5.91 Å². The summed E-state index contributed by atoms with van der Waals surface area (Å²) in [6.45, 7) is 1.97. The summed E-state index contributed by atoms with van der Waals surface area (Å²) in [6.07, 6.45) is 2.78. The van der Waals surface area contributed by atoms with E-state index in [1.807, 2.05) is 49.4 Å². The summed E-state index contributed by atoms with van der Waals surface area (Å²) in [5, 5.41) is 0. The fourth-order valence-corrected chi connectivity index (χ4v) is 2.85. The average Bonchev–Trinajstić information content (AvgIpc) is 2.60. The Kier molecular flexibility index (Phi) is 4.75. The number of hydrogen-bond acceptors (Lipinski definition) is 3. The first-order valence-corrected chi connectivity index (χ1v) is 8.03. The van der Waals surface area contributed by atoms with E-state index in [9.17, 15) is 9.59 Å². The third kappa shape index (κ3) is 3.90. The zero-order valence-electron chi connectivity index (χ0n) is 13.6. The molecular weight excluding hydrogens is 300 g/mol. The molecule has 1 aliphatic rings. The largest absolute Gasteiger partial charge is 0.302 e. The third-order valence-corrected chi connectivity index (χ3v) is 4.17. The lowest BCUT2D eigenvalue weighted by molar-refractivity contribution is -0.115. The summed E-state index contributed by atoms with van der Waals surface area (Å²) >= 11 is 0. The Hall–Kier alpha value is -2.88. The van der Waals surface area contributed by atoms with Gasteiger partial charge in [-0.1, -0.05) is 48.0 Å². The Bertz CT molecular complexity index is 764. The van der Waals surface area contributed by atoms with Crippen LogP contribution in [0.5, 0.6) is 0 Å². The monoisotopic (exact) mass is 320 g/mol. The van der Waals surface area contributed by atoms with E-state index in [1.165, 1.54) is 0 Å². The van der Waals surface area contributed by atoms with E-state index in [0.717, 1.165) is 16.8 Å². The molecule has 2 N–H and O–H groups in total. The van der Waals surface area contributed by atoms with Gasteiger partial charge in [0, 0.05) is 23.8 Å². The van der Waals surface area contributed by atoms with Crippen LogP contribution in [0.25, 0.3) is 0 Å². The SMILES string of the molecule is Cc1ccc(C(=O)NNC2=CC(=O)C[C@@H](c3ccccc3)C2)cc1. The summed E-state index contributed by atoms with van der Waals surface area (Å²) in [5.41, 5.74) is 9.14. The molecule has 0 heterocycles. The number of benzene rings is 2. The lowest BCUT2D eigenvalue weighted by atomic mass is 9.86. The van der Waals surface area contributed by atoms with Crippen molar-refractivity contribution in [1.82, 2.24) is 10.9 Å². The summed E-state index contributed by atoms with van der Waals surface area (Å²) in [4.78, 5) is 24.1. The molecule has 4 nitrogen and oxygen atoms in total. The van der Waals surface area contributed by atoms with Gasteiger partial charge in [-0.15, -0.1) is 0 Å². The number of nitrogens with one attached hydrogen (secondary N) is 2. The standard InChI is InChI=1S/C20H20N2O2/c1-14-7-9-16(10-8-14)20(24)22-21-18-11-17(12-19(23)13-18)15-5-3-2-4-6-15/h2-10,13,17,21H,11-12H2,1H3,(H,22,24)/t17-/m0/s1. The van der Waals surface area contributed by atoms with Crippen molar-refractivity contribution in [2.75, 3.05) is 0 Å². The van der Waals surface area contributed by atoms with Gasteiger partial charge in [-0.05, 0) is 37.0 Å². The van der Waals surface area contributed by atoms with Crippen molar-refractivity contribution < 1.29 is 9.59 Å². The maximum atomic E-state index is 12.1. The zero-order chi connectivity index (χ0) is 16.9. The minimum atomic E-state index is -0.217. The van der Waals surface area contributed by atoms with Crippen molar-refractivity contribution in [1.29, 1.82) is 0 Å². The molecule has 1 atom stereocenters. The van der Waals surface area contributed by atoms with E-state index in [4.69, 9.17) is 0 Å². The van der Waals surface area contributed by atoms with Gasteiger partial charge in [-0.25, -0.2) is 0 Å². The molecule has 0 saturated heterocycles. The summed E-state index contributed by atoms with van der Waals surface area (Å²) in [5.74, 6) is -0.00477. The van der Waals surface area contributed by atoms with Gasteiger partial charge in [0.05, 0.1) is 0 Å². The van der Waals surface area contributed by atoms with Crippen molar-refractivity contribution in [3.05, 3.63) is 83.1 Å². The van der Waals surface area contributed by atoms with E-state index in [0.29, 0.717) is 18.4 Å². The smallest absolute Gasteiger partial charge is 0.269 e. The fourth-order valence-electron chi connectivity index (χ4n) is 2.85. The molecule has 1 amide bonds.